The van der Waals surface area contributed by atoms with Gasteiger partial charge in [0.1, 0.15) is 5.15 Å². The summed E-state index contributed by atoms with van der Waals surface area (Å²) in [6.45, 7) is 3.46. The molecule has 4 nitrogen and oxygen atoms in total. The lowest BCUT2D eigenvalue weighted by atomic mass is 10.1. The molecule has 0 aliphatic carbocycles. The van der Waals surface area contributed by atoms with E-state index in [0.717, 1.165) is 38.0 Å². The number of nitrogens with zero attached hydrogens (tertiary/aromatic N) is 1. The first-order valence-electron chi connectivity index (χ1n) is 6.75. The van der Waals surface area contributed by atoms with Crippen LogP contribution < -0.4 is 5.32 Å². The number of pyridine rings is 1. The Morgan fingerprint density at radius 2 is 2.42 bits per heavy atom. The standard InChI is InChI=1S/C14H19ClN2O2/c1-2-11-8-10(9-13(15)17-11)14(18)16-6-5-12-4-3-7-19-12/h8-9,12H,2-7H2,1H3,(H,16,18). The van der Waals surface area contributed by atoms with Crippen LogP contribution in [0.25, 0.3) is 0 Å². The summed E-state index contributed by atoms with van der Waals surface area (Å²) in [4.78, 5) is 16.1. The smallest absolute Gasteiger partial charge is 0.251 e. The van der Waals surface area contributed by atoms with Crippen LogP contribution in [0.2, 0.25) is 5.15 Å². The van der Waals surface area contributed by atoms with Gasteiger partial charge >= 0.3 is 0 Å². The van der Waals surface area contributed by atoms with Gasteiger partial charge in [0.15, 0.2) is 0 Å². The second-order valence-corrected chi connectivity index (χ2v) is 5.09. The third-order valence-electron chi connectivity index (χ3n) is 3.25. The monoisotopic (exact) mass is 282 g/mol. The fourth-order valence-corrected chi connectivity index (χ4v) is 2.41. The van der Waals surface area contributed by atoms with Crippen LogP contribution in [0.5, 0.6) is 0 Å². The van der Waals surface area contributed by atoms with Gasteiger partial charge in [-0.05, 0) is 37.8 Å². The quantitative estimate of drug-likeness (QED) is 0.845. The predicted octanol–water partition coefficient (Wildman–Crippen LogP) is 2.60. The van der Waals surface area contributed by atoms with Gasteiger partial charge in [0, 0.05) is 24.4 Å². The van der Waals surface area contributed by atoms with Gasteiger partial charge < -0.3 is 10.1 Å². The Hall–Kier alpha value is -1.13. The molecule has 0 saturated carbocycles. The van der Waals surface area contributed by atoms with Gasteiger partial charge in [-0.1, -0.05) is 18.5 Å². The van der Waals surface area contributed by atoms with Gasteiger partial charge in [-0.3, -0.25) is 4.79 Å². The zero-order valence-electron chi connectivity index (χ0n) is 11.1. The minimum Gasteiger partial charge on any atom is -0.378 e. The molecule has 19 heavy (non-hydrogen) atoms. The molecule has 1 N–H and O–H groups in total. The molecule has 1 saturated heterocycles. The molecule has 1 unspecified atom stereocenters. The highest BCUT2D eigenvalue weighted by atomic mass is 35.5. The topological polar surface area (TPSA) is 51.2 Å². The normalized spacial score (nSPS) is 18.5. The van der Waals surface area contributed by atoms with E-state index in [1.54, 1.807) is 12.1 Å². The summed E-state index contributed by atoms with van der Waals surface area (Å²) in [6.07, 6.45) is 4.14. The maximum absolute atomic E-state index is 12.0. The number of aromatic nitrogens is 1. The Balaban J connectivity index is 1.86. The number of amides is 1. The molecule has 0 spiro atoms. The fraction of sp³-hybridized carbons (Fsp3) is 0.571. The summed E-state index contributed by atoms with van der Waals surface area (Å²) < 4.78 is 5.51. The Morgan fingerprint density at radius 3 is 3.11 bits per heavy atom. The summed E-state index contributed by atoms with van der Waals surface area (Å²) in [7, 11) is 0. The molecule has 1 atom stereocenters. The number of carbonyl (C=O) groups is 1. The molecule has 0 aromatic carbocycles. The second kappa shape index (κ2) is 6.87. The van der Waals surface area contributed by atoms with E-state index in [-0.39, 0.29) is 5.91 Å². The highest BCUT2D eigenvalue weighted by Gasteiger charge is 2.15. The van der Waals surface area contributed by atoms with Gasteiger partial charge in [0.05, 0.1) is 6.10 Å². The molecule has 2 heterocycles. The lowest BCUT2D eigenvalue weighted by Crippen LogP contribution is -2.27. The third kappa shape index (κ3) is 4.18. The molecule has 1 aliphatic heterocycles. The van der Waals surface area contributed by atoms with Gasteiger partial charge in [-0.2, -0.15) is 0 Å². The predicted molar refractivity (Wildman–Crippen MR) is 74.5 cm³/mol. The third-order valence-corrected chi connectivity index (χ3v) is 3.44. The number of halogens is 1. The average Bonchev–Trinajstić information content (AvgIpc) is 2.91. The first kappa shape index (κ1) is 14.3. The van der Waals surface area contributed by atoms with E-state index >= 15 is 0 Å². The van der Waals surface area contributed by atoms with Crippen LogP contribution in [0.15, 0.2) is 12.1 Å². The van der Waals surface area contributed by atoms with Crippen molar-refractivity contribution in [2.24, 2.45) is 0 Å². The van der Waals surface area contributed by atoms with Crippen LogP contribution >= 0.6 is 11.6 Å². The van der Waals surface area contributed by atoms with E-state index in [1.807, 2.05) is 6.92 Å². The lowest BCUT2D eigenvalue weighted by molar-refractivity contribution is 0.0907. The van der Waals surface area contributed by atoms with E-state index in [9.17, 15) is 4.79 Å². The minimum absolute atomic E-state index is 0.100. The average molecular weight is 283 g/mol. The van der Waals surface area contributed by atoms with Crippen molar-refractivity contribution in [3.8, 4) is 0 Å². The first-order valence-corrected chi connectivity index (χ1v) is 7.13. The van der Waals surface area contributed by atoms with Crippen molar-refractivity contribution in [2.75, 3.05) is 13.2 Å². The summed E-state index contributed by atoms with van der Waals surface area (Å²) >= 11 is 5.90. The van der Waals surface area contributed by atoms with Crippen molar-refractivity contribution in [1.29, 1.82) is 0 Å². The molecule has 1 aromatic heterocycles. The Morgan fingerprint density at radius 1 is 1.58 bits per heavy atom. The van der Waals surface area contributed by atoms with Gasteiger partial charge in [-0.25, -0.2) is 4.98 Å². The van der Waals surface area contributed by atoms with Crippen molar-refractivity contribution in [3.05, 3.63) is 28.5 Å². The molecule has 2 rings (SSSR count). The van der Waals surface area contributed by atoms with Crippen LogP contribution in [0, 0.1) is 0 Å². The minimum atomic E-state index is -0.100. The molecular weight excluding hydrogens is 264 g/mol. The number of ether oxygens (including phenoxy) is 1. The van der Waals surface area contributed by atoms with E-state index in [4.69, 9.17) is 16.3 Å². The van der Waals surface area contributed by atoms with Crippen LogP contribution in [-0.2, 0) is 11.2 Å². The number of nitrogens with one attached hydrogen (secondary N) is 1. The molecule has 1 aliphatic rings. The number of hydrogen-bond acceptors (Lipinski definition) is 3. The molecule has 0 bridgehead atoms. The molecule has 5 heteroatoms. The van der Waals surface area contributed by atoms with Crippen molar-refractivity contribution in [3.63, 3.8) is 0 Å². The van der Waals surface area contributed by atoms with Gasteiger partial charge in [-0.15, -0.1) is 0 Å². The fourth-order valence-electron chi connectivity index (χ4n) is 2.18. The molecule has 1 aromatic rings. The van der Waals surface area contributed by atoms with Crippen molar-refractivity contribution in [1.82, 2.24) is 10.3 Å². The van der Waals surface area contributed by atoms with E-state index in [0.29, 0.717) is 23.4 Å². The van der Waals surface area contributed by atoms with E-state index in [1.165, 1.54) is 0 Å². The summed E-state index contributed by atoms with van der Waals surface area (Å²) in [5.41, 5.74) is 1.40. The van der Waals surface area contributed by atoms with Gasteiger partial charge in [0.2, 0.25) is 0 Å². The zero-order chi connectivity index (χ0) is 13.7. The van der Waals surface area contributed by atoms with Crippen molar-refractivity contribution < 1.29 is 9.53 Å². The summed E-state index contributed by atoms with van der Waals surface area (Å²) in [6, 6.07) is 3.38. The van der Waals surface area contributed by atoms with Crippen LogP contribution in [0.4, 0.5) is 0 Å². The van der Waals surface area contributed by atoms with E-state index in [2.05, 4.69) is 10.3 Å². The second-order valence-electron chi connectivity index (χ2n) is 4.70. The van der Waals surface area contributed by atoms with Crippen LogP contribution in [0.1, 0.15) is 42.2 Å². The van der Waals surface area contributed by atoms with Crippen molar-refractivity contribution >= 4 is 17.5 Å². The Kier molecular flexibility index (Phi) is 5.16. The summed E-state index contributed by atoms with van der Waals surface area (Å²) in [5, 5.41) is 3.26. The van der Waals surface area contributed by atoms with Crippen molar-refractivity contribution in [2.45, 2.75) is 38.7 Å². The lowest BCUT2D eigenvalue weighted by Gasteiger charge is -2.10. The largest absolute Gasteiger partial charge is 0.378 e. The first-order chi connectivity index (χ1) is 9.19. The highest BCUT2D eigenvalue weighted by Crippen LogP contribution is 2.15. The Labute approximate surface area is 118 Å². The molecular formula is C14H19ClN2O2. The molecule has 104 valence electrons. The van der Waals surface area contributed by atoms with Gasteiger partial charge in [0.25, 0.3) is 5.91 Å². The maximum Gasteiger partial charge on any atom is 0.251 e. The Bertz CT molecular complexity index is 445. The molecule has 0 radical (unpaired) electrons. The summed E-state index contributed by atoms with van der Waals surface area (Å²) in [5.74, 6) is -0.100. The van der Waals surface area contributed by atoms with Crippen LogP contribution in [-0.4, -0.2) is 30.1 Å². The number of carbonyl (C=O) groups excluding carboxylic acids is 1. The number of hydrogen-bond donors (Lipinski definition) is 1. The highest BCUT2D eigenvalue weighted by molar-refractivity contribution is 6.29. The number of rotatable bonds is 5. The molecule has 1 fully saturated rings. The van der Waals surface area contributed by atoms with E-state index < -0.39 is 0 Å². The SMILES string of the molecule is CCc1cc(C(=O)NCCC2CCCO2)cc(Cl)n1. The van der Waals surface area contributed by atoms with Crippen LogP contribution in [0.3, 0.4) is 0 Å². The zero-order valence-corrected chi connectivity index (χ0v) is 11.9. The maximum atomic E-state index is 12.0. The molecule has 1 amide bonds. The number of aryl methyl sites for hydroxylation is 1.